The van der Waals surface area contributed by atoms with E-state index in [9.17, 15) is 9.59 Å². The summed E-state index contributed by atoms with van der Waals surface area (Å²) in [5.41, 5.74) is 1.66. The number of nitrogens with one attached hydrogen (secondary N) is 1. The molecule has 1 fully saturated rings. The lowest BCUT2D eigenvalue weighted by Crippen LogP contribution is -2.46. The molecule has 1 aromatic rings. The fraction of sp³-hybridized carbons (Fsp3) is 0.467. The van der Waals surface area contributed by atoms with Gasteiger partial charge in [0.15, 0.2) is 0 Å². The maximum Gasteiger partial charge on any atom is 0.337 e. The molecule has 2 rings (SSSR count). The Bertz CT molecular complexity index is 484. The number of amides is 1. The van der Waals surface area contributed by atoms with Crippen LogP contribution in [0.1, 0.15) is 28.8 Å². The van der Waals surface area contributed by atoms with E-state index < -0.39 is 0 Å². The Kier molecular flexibility index (Phi) is 4.74. The van der Waals surface area contributed by atoms with Crippen LogP contribution in [0.4, 0.5) is 0 Å². The van der Waals surface area contributed by atoms with Gasteiger partial charge < -0.3 is 15.0 Å². The Morgan fingerprint density at radius 2 is 2.10 bits per heavy atom. The number of piperidine rings is 1. The highest BCUT2D eigenvalue weighted by Crippen LogP contribution is 2.11. The van der Waals surface area contributed by atoms with Gasteiger partial charge in [-0.3, -0.25) is 4.79 Å². The summed E-state index contributed by atoms with van der Waals surface area (Å²) in [4.78, 5) is 24.5. The molecule has 1 aromatic carbocycles. The first-order valence-corrected chi connectivity index (χ1v) is 6.74. The van der Waals surface area contributed by atoms with E-state index >= 15 is 0 Å². The average Bonchev–Trinajstić information content (AvgIpc) is 2.48. The number of benzene rings is 1. The highest BCUT2D eigenvalue weighted by atomic mass is 16.5. The van der Waals surface area contributed by atoms with Crippen LogP contribution in [0, 0.1) is 0 Å². The highest BCUT2D eigenvalue weighted by molar-refractivity contribution is 5.89. The number of rotatable bonds is 4. The zero-order valence-corrected chi connectivity index (χ0v) is 11.9. The standard InChI is InChI=1S/C15H20N2O3/c1-17-10-13(7-8-14(17)18)16-9-11-3-5-12(6-4-11)15(19)20-2/h3-6,13,16H,7-10H2,1-2H3. The van der Waals surface area contributed by atoms with Crippen LogP contribution in [0.15, 0.2) is 24.3 Å². The fourth-order valence-corrected chi connectivity index (χ4v) is 2.32. The summed E-state index contributed by atoms with van der Waals surface area (Å²) in [6.07, 6.45) is 1.48. The molecule has 0 aromatic heterocycles. The molecule has 0 radical (unpaired) electrons. The smallest absolute Gasteiger partial charge is 0.337 e. The second-order valence-corrected chi connectivity index (χ2v) is 5.08. The molecule has 1 aliphatic heterocycles. The number of hydrogen-bond donors (Lipinski definition) is 1. The van der Waals surface area contributed by atoms with Crippen molar-refractivity contribution in [3.63, 3.8) is 0 Å². The summed E-state index contributed by atoms with van der Waals surface area (Å²) in [6, 6.07) is 7.69. The molecule has 1 unspecified atom stereocenters. The molecule has 1 N–H and O–H groups in total. The summed E-state index contributed by atoms with van der Waals surface area (Å²) >= 11 is 0. The monoisotopic (exact) mass is 276 g/mol. The number of hydrogen-bond acceptors (Lipinski definition) is 4. The number of carbonyl (C=O) groups excluding carboxylic acids is 2. The molecule has 0 spiro atoms. The Labute approximate surface area is 118 Å². The van der Waals surface area contributed by atoms with E-state index in [0.29, 0.717) is 18.0 Å². The summed E-state index contributed by atoms with van der Waals surface area (Å²) < 4.78 is 4.66. The summed E-state index contributed by atoms with van der Waals surface area (Å²) in [7, 11) is 3.21. The average molecular weight is 276 g/mol. The Hall–Kier alpha value is -1.88. The summed E-state index contributed by atoms with van der Waals surface area (Å²) in [6.45, 7) is 1.48. The number of likely N-dealkylation sites (tertiary alicyclic amines) is 1. The summed E-state index contributed by atoms with van der Waals surface area (Å²) in [5, 5.41) is 3.44. The van der Waals surface area contributed by atoms with Crippen molar-refractivity contribution in [2.75, 3.05) is 20.7 Å². The van der Waals surface area contributed by atoms with Crippen LogP contribution in [0.3, 0.4) is 0 Å². The number of methoxy groups -OCH3 is 1. The molecule has 20 heavy (non-hydrogen) atoms. The van der Waals surface area contributed by atoms with E-state index in [1.165, 1.54) is 7.11 Å². The molecule has 0 bridgehead atoms. The van der Waals surface area contributed by atoms with Crippen LogP contribution in [-0.4, -0.2) is 43.5 Å². The van der Waals surface area contributed by atoms with Crippen LogP contribution in [0.5, 0.6) is 0 Å². The fourth-order valence-electron chi connectivity index (χ4n) is 2.32. The minimum Gasteiger partial charge on any atom is -0.465 e. The van der Waals surface area contributed by atoms with Crippen molar-refractivity contribution in [1.82, 2.24) is 10.2 Å². The van der Waals surface area contributed by atoms with Gasteiger partial charge in [0.2, 0.25) is 5.91 Å². The van der Waals surface area contributed by atoms with Gasteiger partial charge in [-0.25, -0.2) is 4.79 Å². The first-order chi connectivity index (χ1) is 9.60. The van der Waals surface area contributed by atoms with Crippen LogP contribution < -0.4 is 5.32 Å². The van der Waals surface area contributed by atoms with Crippen LogP contribution in [0.25, 0.3) is 0 Å². The minimum atomic E-state index is -0.322. The predicted octanol–water partition coefficient (Wildman–Crippen LogP) is 1.18. The number of carbonyl (C=O) groups is 2. The first-order valence-electron chi connectivity index (χ1n) is 6.74. The molecule has 1 saturated heterocycles. The van der Waals surface area contributed by atoms with Gasteiger partial charge in [-0.05, 0) is 24.1 Å². The Balaban J connectivity index is 1.85. The van der Waals surface area contributed by atoms with E-state index in [0.717, 1.165) is 25.1 Å². The van der Waals surface area contributed by atoms with Crippen molar-refractivity contribution in [2.24, 2.45) is 0 Å². The number of nitrogens with zero attached hydrogens (tertiary/aromatic N) is 1. The van der Waals surface area contributed by atoms with Crippen LogP contribution in [-0.2, 0) is 16.1 Å². The maximum absolute atomic E-state index is 11.4. The van der Waals surface area contributed by atoms with Crippen molar-refractivity contribution >= 4 is 11.9 Å². The van der Waals surface area contributed by atoms with Crippen LogP contribution >= 0.6 is 0 Å². The topological polar surface area (TPSA) is 58.6 Å². The van der Waals surface area contributed by atoms with Gasteiger partial charge in [-0.1, -0.05) is 12.1 Å². The molecule has 1 aliphatic rings. The van der Waals surface area contributed by atoms with E-state index in [2.05, 4.69) is 10.1 Å². The van der Waals surface area contributed by atoms with E-state index in [1.807, 2.05) is 19.2 Å². The Morgan fingerprint density at radius 1 is 1.40 bits per heavy atom. The zero-order valence-electron chi connectivity index (χ0n) is 11.9. The third-order valence-corrected chi connectivity index (χ3v) is 3.60. The van der Waals surface area contributed by atoms with E-state index in [4.69, 9.17) is 0 Å². The first kappa shape index (κ1) is 14.5. The molecule has 1 heterocycles. The summed E-state index contributed by atoms with van der Waals surface area (Å²) in [5.74, 6) is -0.109. The van der Waals surface area contributed by atoms with Gasteiger partial charge in [0.25, 0.3) is 0 Å². The number of ether oxygens (including phenoxy) is 1. The molecule has 1 atom stereocenters. The second kappa shape index (κ2) is 6.52. The molecule has 0 saturated carbocycles. The predicted molar refractivity (Wildman–Crippen MR) is 75.3 cm³/mol. The SMILES string of the molecule is COC(=O)c1ccc(CNC2CCC(=O)N(C)C2)cc1. The maximum atomic E-state index is 11.4. The lowest BCUT2D eigenvalue weighted by Gasteiger charge is -2.30. The van der Waals surface area contributed by atoms with E-state index in [1.54, 1.807) is 17.0 Å². The highest BCUT2D eigenvalue weighted by Gasteiger charge is 2.22. The van der Waals surface area contributed by atoms with Crippen molar-refractivity contribution in [3.8, 4) is 0 Å². The van der Waals surface area contributed by atoms with Gasteiger partial charge in [-0.2, -0.15) is 0 Å². The van der Waals surface area contributed by atoms with E-state index in [-0.39, 0.29) is 11.9 Å². The molecular formula is C15H20N2O3. The zero-order chi connectivity index (χ0) is 14.5. The van der Waals surface area contributed by atoms with Gasteiger partial charge >= 0.3 is 5.97 Å². The largest absolute Gasteiger partial charge is 0.465 e. The van der Waals surface area contributed by atoms with Crippen molar-refractivity contribution in [3.05, 3.63) is 35.4 Å². The molecule has 5 heteroatoms. The number of esters is 1. The molecule has 5 nitrogen and oxygen atoms in total. The van der Waals surface area contributed by atoms with Gasteiger partial charge in [0.1, 0.15) is 0 Å². The lowest BCUT2D eigenvalue weighted by atomic mass is 10.0. The molecule has 1 amide bonds. The quantitative estimate of drug-likeness (QED) is 0.839. The second-order valence-electron chi connectivity index (χ2n) is 5.08. The molecule has 108 valence electrons. The Morgan fingerprint density at radius 3 is 2.70 bits per heavy atom. The minimum absolute atomic E-state index is 0.213. The lowest BCUT2D eigenvalue weighted by molar-refractivity contribution is -0.132. The van der Waals surface area contributed by atoms with Gasteiger partial charge in [0.05, 0.1) is 12.7 Å². The normalized spacial score (nSPS) is 19.0. The van der Waals surface area contributed by atoms with Crippen molar-refractivity contribution in [1.29, 1.82) is 0 Å². The van der Waals surface area contributed by atoms with Crippen LogP contribution in [0.2, 0.25) is 0 Å². The molecule has 0 aliphatic carbocycles. The molecular weight excluding hydrogens is 256 g/mol. The van der Waals surface area contributed by atoms with Crippen molar-refractivity contribution in [2.45, 2.75) is 25.4 Å². The number of likely N-dealkylation sites (N-methyl/N-ethyl adjacent to an activating group) is 1. The third-order valence-electron chi connectivity index (χ3n) is 3.60. The van der Waals surface area contributed by atoms with Crippen molar-refractivity contribution < 1.29 is 14.3 Å². The van der Waals surface area contributed by atoms with Gasteiger partial charge in [0, 0.05) is 32.6 Å². The third kappa shape index (κ3) is 3.57. The van der Waals surface area contributed by atoms with Gasteiger partial charge in [-0.15, -0.1) is 0 Å².